The van der Waals surface area contributed by atoms with Gasteiger partial charge in [-0.15, -0.1) is 0 Å². The van der Waals surface area contributed by atoms with Crippen molar-refractivity contribution < 1.29 is 14.0 Å². The third kappa shape index (κ3) is 3.95. The van der Waals surface area contributed by atoms with Gasteiger partial charge in [-0.25, -0.2) is 0 Å². The van der Waals surface area contributed by atoms with Crippen LogP contribution in [-0.4, -0.2) is 21.6 Å². The molecule has 0 spiro atoms. The quantitative estimate of drug-likeness (QED) is 0.714. The molecule has 0 aliphatic carbocycles. The Morgan fingerprint density at radius 3 is 2.52 bits per heavy atom. The van der Waals surface area contributed by atoms with Crippen LogP contribution >= 0.6 is 0 Å². The molecule has 2 aromatic heterocycles. The predicted octanol–water partition coefficient (Wildman–Crippen LogP) is 2.22. The van der Waals surface area contributed by atoms with Gasteiger partial charge in [0.05, 0.1) is 23.9 Å². The third-order valence-electron chi connectivity index (χ3n) is 3.66. The molecule has 0 saturated carbocycles. The number of aryl methyl sites for hydroxylation is 2. The molecule has 7 nitrogen and oxygen atoms in total. The number of hydrazine groups is 1. The molecule has 128 valence electrons. The number of hydrogen-bond acceptors (Lipinski definition) is 4. The SMILES string of the molecule is Cc1cc(C(=O)NNC(=O)c2cnn(Cc3ccccc3)c2)c(C)o1. The summed E-state index contributed by atoms with van der Waals surface area (Å²) in [6, 6.07) is 11.4. The van der Waals surface area contributed by atoms with Crippen LogP contribution in [0.3, 0.4) is 0 Å². The van der Waals surface area contributed by atoms with E-state index in [-0.39, 0.29) is 0 Å². The number of aromatic nitrogens is 2. The van der Waals surface area contributed by atoms with Gasteiger partial charge in [-0.05, 0) is 25.5 Å². The first-order chi connectivity index (χ1) is 12.0. The van der Waals surface area contributed by atoms with Crippen LogP contribution in [0.1, 0.15) is 37.8 Å². The van der Waals surface area contributed by atoms with E-state index in [1.54, 1.807) is 30.8 Å². The van der Waals surface area contributed by atoms with Crippen molar-refractivity contribution in [3.63, 3.8) is 0 Å². The summed E-state index contributed by atoms with van der Waals surface area (Å²) >= 11 is 0. The summed E-state index contributed by atoms with van der Waals surface area (Å²) in [6.07, 6.45) is 3.08. The van der Waals surface area contributed by atoms with E-state index in [0.717, 1.165) is 5.56 Å². The number of benzene rings is 1. The van der Waals surface area contributed by atoms with Crippen LogP contribution in [0.5, 0.6) is 0 Å². The number of hydrogen-bond donors (Lipinski definition) is 2. The first-order valence-electron chi connectivity index (χ1n) is 7.77. The highest BCUT2D eigenvalue weighted by molar-refractivity contribution is 5.99. The second-order valence-corrected chi connectivity index (χ2v) is 5.65. The van der Waals surface area contributed by atoms with Crippen LogP contribution in [0.25, 0.3) is 0 Å². The van der Waals surface area contributed by atoms with Crippen molar-refractivity contribution in [2.75, 3.05) is 0 Å². The summed E-state index contributed by atoms with van der Waals surface area (Å²) in [5.41, 5.74) is 6.58. The zero-order chi connectivity index (χ0) is 17.8. The van der Waals surface area contributed by atoms with Gasteiger partial charge in [-0.2, -0.15) is 5.10 Å². The van der Waals surface area contributed by atoms with E-state index < -0.39 is 11.8 Å². The molecular formula is C18H18N4O3. The second-order valence-electron chi connectivity index (χ2n) is 5.65. The van der Waals surface area contributed by atoms with Crippen molar-refractivity contribution in [1.29, 1.82) is 0 Å². The number of nitrogens with one attached hydrogen (secondary N) is 2. The van der Waals surface area contributed by atoms with Gasteiger partial charge in [0.25, 0.3) is 11.8 Å². The van der Waals surface area contributed by atoms with E-state index in [4.69, 9.17) is 4.42 Å². The Morgan fingerprint density at radius 2 is 1.84 bits per heavy atom. The Hall–Kier alpha value is -3.35. The van der Waals surface area contributed by atoms with Gasteiger partial charge in [-0.3, -0.25) is 25.1 Å². The van der Waals surface area contributed by atoms with Gasteiger partial charge in [0, 0.05) is 6.20 Å². The average Bonchev–Trinajstić information content (AvgIpc) is 3.19. The van der Waals surface area contributed by atoms with Crippen molar-refractivity contribution >= 4 is 11.8 Å². The maximum absolute atomic E-state index is 12.1. The third-order valence-corrected chi connectivity index (χ3v) is 3.66. The number of furan rings is 1. The molecule has 0 unspecified atom stereocenters. The van der Waals surface area contributed by atoms with E-state index in [2.05, 4.69) is 16.0 Å². The molecule has 7 heteroatoms. The standard InChI is InChI=1S/C18H18N4O3/c1-12-8-16(13(2)25-12)18(24)21-20-17(23)15-9-19-22(11-15)10-14-6-4-3-5-7-14/h3-9,11H,10H2,1-2H3,(H,20,23)(H,21,24). The highest BCUT2D eigenvalue weighted by Crippen LogP contribution is 2.13. The average molecular weight is 338 g/mol. The molecule has 2 N–H and O–H groups in total. The van der Waals surface area contributed by atoms with Gasteiger partial charge < -0.3 is 4.42 Å². The number of carbonyl (C=O) groups excluding carboxylic acids is 2. The minimum Gasteiger partial charge on any atom is -0.466 e. The lowest BCUT2D eigenvalue weighted by Crippen LogP contribution is -2.41. The summed E-state index contributed by atoms with van der Waals surface area (Å²) in [7, 11) is 0. The molecular weight excluding hydrogens is 320 g/mol. The maximum atomic E-state index is 12.1. The monoisotopic (exact) mass is 338 g/mol. The number of rotatable bonds is 4. The van der Waals surface area contributed by atoms with Crippen LogP contribution in [0.4, 0.5) is 0 Å². The van der Waals surface area contributed by atoms with Crippen LogP contribution in [0, 0.1) is 13.8 Å². The molecule has 3 rings (SSSR count). The normalized spacial score (nSPS) is 10.5. The van der Waals surface area contributed by atoms with E-state index in [1.807, 2.05) is 30.3 Å². The summed E-state index contributed by atoms with van der Waals surface area (Å²) in [5, 5.41) is 4.16. The number of amides is 2. The lowest BCUT2D eigenvalue weighted by atomic mass is 10.2. The maximum Gasteiger partial charge on any atom is 0.273 e. The fourth-order valence-electron chi connectivity index (χ4n) is 2.45. The van der Waals surface area contributed by atoms with E-state index >= 15 is 0 Å². The van der Waals surface area contributed by atoms with Crippen LogP contribution < -0.4 is 10.9 Å². The van der Waals surface area contributed by atoms with Gasteiger partial charge in [0.15, 0.2) is 0 Å². The minimum absolute atomic E-state index is 0.358. The summed E-state index contributed by atoms with van der Waals surface area (Å²) in [6.45, 7) is 4.01. The smallest absolute Gasteiger partial charge is 0.273 e. The van der Waals surface area contributed by atoms with Crippen molar-refractivity contribution in [3.05, 3.63) is 77.0 Å². The van der Waals surface area contributed by atoms with Crippen molar-refractivity contribution in [2.24, 2.45) is 0 Å². The molecule has 3 aromatic rings. The highest BCUT2D eigenvalue weighted by Gasteiger charge is 2.15. The second kappa shape index (κ2) is 7.04. The molecule has 0 aliphatic heterocycles. The lowest BCUT2D eigenvalue weighted by molar-refractivity contribution is 0.0845. The van der Waals surface area contributed by atoms with E-state index in [1.165, 1.54) is 6.20 Å². The largest absolute Gasteiger partial charge is 0.466 e. The molecule has 0 bridgehead atoms. The van der Waals surface area contributed by atoms with Crippen molar-refractivity contribution in [2.45, 2.75) is 20.4 Å². The van der Waals surface area contributed by atoms with E-state index in [0.29, 0.717) is 29.2 Å². The molecule has 0 fully saturated rings. The zero-order valence-corrected chi connectivity index (χ0v) is 13.9. The number of carbonyl (C=O) groups is 2. The number of nitrogens with zero attached hydrogens (tertiary/aromatic N) is 2. The molecule has 25 heavy (non-hydrogen) atoms. The Labute approximate surface area is 144 Å². The minimum atomic E-state index is -0.439. The Balaban J connectivity index is 1.58. The van der Waals surface area contributed by atoms with E-state index in [9.17, 15) is 9.59 Å². The fourth-order valence-corrected chi connectivity index (χ4v) is 2.45. The topological polar surface area (TPSA) is 89.2 Å². The molecule has 0 atom stereocenters. The molecule has 1 aromatic carbocycles. The van der Waals surface area contributed by atoms with Gasteiger partial charge in [0.2, 0.25) is 0 Å². The molecule has 0 aliphatic rings. The Kier molecular flexibility index (Phi) is 4.65. The zero-order valence-electron chi connectivity index (χ0n) is 13.9. The molecule has 2 amide bonds. The van der Waals surface area contributed by atoms with Crippen molar-refractivity contribution in [1.82, 2.24) is 20.6 Å². The first kappa shape index (κ1) is 16.5. The first-order valence-corrected chi connectivity index (χ1v) is 7.77. The fraction of sp³-hybridized carbons (Fsp3) is 0.167. The summed E-state index contributed by atoms with van der Waals surface area (Å²) < 4.78 is 6.96. The predicted molar refractivity (Wildman–Crippen MR) is 90.9 cm³/mol. The lowest BCUT2D eigenvalue weighted by Gasteiger charge is -2.05. The molecule has 0 saturated heterocycles. The van der Waals surface area contributed by atoms with Crippen LogP contribution in [0.2, 0.25) is 0 Å². The molecule has 0 radical (unpaired) electrons. The molecule has 2 heterocycles. The van der Waals surface area contributed by atoms with Gasteiger partial charge >= 0.3 is 0 Å². The Bertz CT molecular complexity index is 896. The Morgan fingerprint density at radius 1 is 1.12 bits per heavy atom. The van der Waals surface area contributed by atoms with Crippen molar-refractivity contribution in [3.8, 4) is 0 Å². The highest BCUT2D eigenvalue weighted by atomic mass is 16.3. The summed E-state index contributed by atoms with van der Waals surface area (Å²) in [4.78, 5) is 24.2. The van der Waals surface area contributed by atoms with Gasteiger partial charge in [0.1, 0.15) is 11.5 Å². The van der Waals surface area contributed by atoms with Gasteiger partial charge in [-0.1, -0.05) is 30.3 Å². The van der Waals surface area contributed by atoms with Crippen LogP contribution in [0.15, 0.2) is 53.2 Å². The summed E-state index contributed by atoms with van der Waals surface area (Å²) in [5.74, 6) is 0.265. The van der Waals surface area contributed by atoms with Crippen LogP contribution in [-0.2, 0) is 6.54 Å².